The molecule has 1 N–H and O–H groups in total. The molecule has 0 rings (SSSR count). The summed E-state index contributed by atoms with van der Waals surface area (Å²) in [6.45, 7) is 7.84. The van der Waals surface area contributed by atoms with Crippen LogP contribution < -0.4 is 5.32 Å². The predicted octanol–water partition coefficient (Wildman–Crippen LogP) is 3.00. The van der Waals surface area contributed by atoms with Gasteiger partial charge in [0.25, 0.3) is 0 Å². The zero-order valence-electron chi connectivity index (χ0n) is 11.6. The van der Waals surface area contributed by atoms with Crippen LogP contribution in [0.4, 0.5) is 0 Å². The molecule has 0 spiro atoms. The maximum Gasteiger partial charge on any atom is 0.215 e. The third-order valence-corrected chi connectivity index (χ3v) is 2.85. The Morgan fingerprint density at radius 2 is 1.56 bits per heavy atom. The first kappa shape index (κ1) is 15.9. The van der Waals surface area contributed by atoms with Gasteiger partial charge in [-0.25, -0.2) is 0 Å². The standard InChI is InChI=1S/C13H29NO2/c1-11(2)7-6-8-12(3)9-10-14-13(15-4)16-5/h11-14H,6-10H2,1-5H3. The normalized spacial score (nSPS) is 13.7. The first-order valence-corrected chi connectivity index (χ1v) is 6.39. The van der Waals surface area contributed by atoms with Crippen LogP contribution in [0.15, 0.2) is 0 Å². The van der Waals surface area contributed by atoms with Crippen molar-refractivity contribution in [3.8, 4) is 0 Å². The Morgan fingerprint density at radius 1 is 0.938 bits per heavy atom. The van der Waals surface area contributed by atoms with Gasteiger partial charge in [-0.1, -0.05) is 40.0 Å². The molecule has 0 radical (unpaired) electrons. The van der Waals surface area contributed by atoms with E-state index in [4.69, 9.17) is 9.47 Å². The maximum absolute atomic E-state index is 5.06. The minimum atomic E-state index is -0.261. The Bertz CT molecular complexity index is 147. The number of methoxy groups -OCH3 is 2. The molecule has 0 saturated carbocycles. The van der Waals surface area contributed by atoms with Crippen LogP contribution in [-0.4, -0.2) is 27.2 Å². The molecule has 98 valence electrons. The van der Waals surface area contributed by atoms with E-state index in [1.807, 2.05) is 0 Å². The van der Waals surface area contributed by atoms with Gasteiger partial charge in [0.15, 0.2) is 0 Å². The van der Waals surface area contributed by atoms with Crippen LogP contribution in [0.1, 0.15) is 46.5 Å². The molecule has 16 heavy (non-hydrogen) atoms. The zero-order chi connectivity index (χ0) is 12.4. The molecular formula is C13H29NO2. The highest BCUT2D eigenvalue weighted by molar-refractivity contribution is 4.57. The quantitative estimate of drug-likeness (QED) is 0.586. The molecule has 0 bridgehead atoms. The summed E-state index contributed by atoms with van der Waals surface area (Å²) in [4.78, 5) is 0. The second-order valence-corrected chi connectivity index (χ2v) is 4.98. The second kappa shape index (κ2) is 10.1. The summed E-state index contributed by atoms with van der Waals surface area (Å²) in [6.07, 6.45) is 4.93. The topological polar surface area (TPSA) is 30.5 Å². The fourth-order valence-corrected chi connectivity index (χ4v) is 1.73. The molecule has 0 aromatic heterocycles. The van der Waals surface area contributed by atoms with Crippen molar-refractivity contribution < 1.29 is 9.47 Å². The number of hydrogen-bond donors (Lipinski definition) is 1. The summed E-state index contributed by atoms with van der Waals surface area (Å²) in [5.74, 6) is 1.61. The van der Waals surface area contributed by atoms with Crippen LogP contribution >= 0.6 is 0 Å². The van der Waals surface area contributed by atoms with E-state index in [1.165, 1.54) is 25.7 Å². The summed E-state index contributed by atoms with van der Waals surface area (Å²) in [5, 5.41) is 3.20. The summed E-state index contributed by atoms with van der Waals surface area (Å²) in [5.41, 5.74) is 0. The van der Waals surface area contributed by atoms with E-state index in [1.54, 1.807) is 14.2 Å². The number of nitrogens with one attached hydrogen (secondary N) is 1. The molecule has 0 heterocycles. The van der Waals surface area contributed by atoms with E-state index in [0.29, 0.717) is 0 Å². The lowest BCUT2D eigenvalue weighted by Crippen LogP contribution is -2.33. The van der Waals surface area contributed by atoms with Crippen molar-refractivity contribution in [2.24, 2.45) is 11.8 Å². The van der Waals surface area contributed by atoms with E-state index >= 15 is 0 Å². The van der Waals surface area contributed by atoms with E-state index in [9.17, 15) is 0 Å². The van der Waals surface area contributed by atoms with Crippen LogP contribution in [0.25, 0.3) is 0 Å². The van der Waals surface area contributed by atoms with Gasteiger partial charge in [-0.05, 0) is 18.3 Å². The highest BCUT2D eigenvalue weighted by Crippen LogP contribution is 2.14. The Labute approximate surface area is 101 Å². The molecule has 3 nitrogen and oxygen atoms in total. The molecule has 0 aliphatic carbocycles. The van der Waals surface area contributed by atoms with Gasteiger partial charge in [-0.15, -0.1) is 0 Å². The Kier molecular flexibility index (Phi) is 9.99. The molecule has 0 fully saturated rings. The fraction of sp³-hybridized carbons (Fsp3) is 1.00. The second-order valence-electron chi connectivity index (χ2n) is 4.98. The zero-order valence-corrected chi connectivity index (χ0v) is 11.6. The molecule has 0 aromatic carbocycles. The van der Waals surface area contributed by atoms with E-state index in [0.717, 1.165) is 18.4 Å². The van der Waals surface area contributed by atoms with Gasteiger partial charge in [0, 0.05) is 20.8 Å². The van der Waals surface area contributed by atoms with Crippen LogP contribution in [-0.2, 0) is 9.47 Å². The van der Waals surface area contributed by atoms with Crippen molar-refractivity contribution in [1.29, 1.82) is 0 Å². The average Bonchev–Trinajstić information content (AvgIpc) is 2.24. The lowest BCUT2D eigenvalue weighted by molar-refractivity contribution is -0.123. The largest absolute Gasteiger partial charge is 0.343 e. The van der Waals surface area contributed by atoms with Crippen molar-refractivity contribution in [2.75, 3.05) is 20.8 Å². The first-order valence-electron chi connectivity index (χ1n) is 6.39. The summed E-state index contributed by atoms with van der Waals surface area (Å²) < 4.78 is 10.1. The van der Waals surface area contributed by atoms with Gasteiger partial charge in [-0.3, -0.25) is 5.32 Å². The molecule has 0 saturated heterocycles. The molecule has 0 aliphatic heterocycles. The number of rotatable bonds is 10. The molecule has 1 atom stereocenters. The fourth-order valence-electron chi connectivity index (χ4n) is 1.73. The average molecular weight is 231 g/mol. The number of hydrogen-bond acceptors (Lipinski definition) is 3. The number of ether oxygens (including phenoxy) is 2. The van der Waals surface area contributed by atoms with Crippen molar-refractivity contribution >= 4 is 0 Å². The minimum absolute atomic E-state index is 0.261. The van der Waals surface area contributed by atoms with Gasteiger partial charge in [0.1, 0.15) is 0 Å². The van der Waals surface area contributed by atoms with Crippen molar-refractivity contribution in [3.63, 3.8) is 0 Å². The van der Waals surface area contributed by atoms with Gasteiger partial charge in [0.2, 0.25) is 6.41 Å². The van der Waals surface area contributed by atoms with Crippen molar-refractivity contribution in [3.05, 3.63) is 0 Å². The van der Waals surface area contributed by atoms with Gasteiger partial charge < -0.3 is 9.47 Å². The van der Waals surface area contributed by atoms with Crippen LogP contribution in [0, 0.1) is 11.8 Å². The van der Waals surface area contributed by atoms with Crippen molar-refractivity contribution in [2.45, 2.75) is 52.9 Å². The summed E-state index contributed by atoms with van der Waals surface area (Å²) in [6, 6.07) is 0. The molecular weight excluding hydrogens is 202 g/mol. The van der Waals surface area contributed by atoms with E-state index in [2.05, 4.69) is 26.1 Å². The third-order valence-electron chi connectivity index (χ3n) is 2.85. The summed E-state index contributed by atoms with van der Waals surface area (Å²) >= 11 is 0. The maximum atomic E-state index is 5.06. The monoisotopic (exact) mass is 231 g/mol. The molecule has 1 unspecified atom stereocenters. The lowest BCUT2D eigenvalue weighted by atomic mass is 9.97. The summed E-state index contributed by atoms with van der Waals surface area (Å²) in [7, 11) is 3.29. The third kappa shape index (κ3) is 9.13. The Hall–Kier alpha value is -0.120. The van der Waals surface area contributed by atoms with Gasteiger partial charge in [0.05, 0.1) is 0 Å². The van der Waals surface area contributed by atoms with E-state index < -0.39 is 0 Å². The van der Waals surface area contributed by atoms with Gasteiger partial charge >= 0.3 is 0 Å². The smallest absolute Gasteiger partial charge is 0.215 e. The minimum Gasteiger partial charge on any atom is -0.343 e. The highest BCUT2D eigenvalue weighted by atomic mass is 16.7. The first-order chi connectivity index (χ1) is 7.60. The van der Waals surface area contributed by atoms with E-state index in [-0.39, 0.29) is 6.41 Å². The van der Waals surface area contributed by atoms with Gasteiger partial charge in [-0.2, -0.15) is 0 Å². The molecule has 0 amide bonds. The molecule has 0 aliphatic rings. The lowest BCUT2D eigenvalue weighted by Gasteiger charge is -2.17. The van der Waals surface area contributed by atoms with Crippen molar-refractivity contribution in [1.82, 2.24) is 5.32 Å². The predicted molar refractivity (Wildman–Crippen MR) is 68.3 cm³/mol. The van der Waals surface area contributed by atoms with Crippen LogP contribution in [0.2, 0.25) is 0 Å². The molecule has 3 heteroatoms. The Morgan fingerprint density at radius 3 is 2.06 bits per heavy atom. The van der Waals surface area contributed by atoms with Crippen LogP contribution in [0.3, 0.4) is 0 Å². The Balaban J connectivity index is 3.39. The van der Waals surface area contributed by atoms with Crippen LogP contribution in [0.5, 0.6) is 0 Å². The molecule has 0 aromatic rings. The highest BCUT2D eigenvalue weighted by Gasteiger charge is 2.06. The SMILES string of the molecule is COC(NCCC(C)CCCC(C)C)OC.